The van der Waals surface area contributed by atoms with Gasteiger partial charge in [0, 0.05) is 22.9 Å². The van der Waals surface area contributed by atoms with E-state index in [0.717, 1.165) is 17.7 Å². The molecule has 0 bridgehead atoms. The highest BCUT2D eigenvalue weighted by Crippen LogP contribution is 2.30. The molecule has 1 amide bonds. The van der Waals surface area contributed by atoms with Crippen LogP contribution in [0.4, 0.5) is 13.2 Å². The number of primary amides is 1. The molecule has 3 nitrogen and oxygen atoms in total. The Labute approximate surface area is 145 Å². The molecule has 7 heteroatoms. The van der Waals surface area contributed by atoms with Gasteiger partial charge in [0.25, 0.3) is 0 Å². The lowest BCUT2D eigenvalue weighted by atomic mass is 10.1. The predicted octanol–water partition coefficient (Wildman–Crippen LogP) is 4.52. The van der Waals surface area contributed by atoms with Crippen molar-refractivity contribution in [3.63, 3.8) is 0 Å². The summed E-state index contributed by atoms with van der Waals surface area (Å²) in [5, 5.41) is 2.50. The number of rotatable bonds is 4. The largest absolute Gasteiger partial charge is 0.416 e. The minimum Gasteiger partial charge on any atom is -0.366 e. The molecule has 0 saturated carbocycles. The monoisotopic (exact) mass is 362 g/mol. The summed E-state index contributed by atoms with van der Waals surface area (Å²) in [6, 6.07) is 12.0. The van der Waals surface area contributed by atoms with Crippen LogP contribution in [0.2, 0.25) is 0 Å². The van der Waals surface area contributed by atoms with Crippen molar-refractivity contribution in [3.05, 3.63) is 75.6 Å². The fourth-order valence-electron chi connectivity index (χ4n) is 2.39. The summed E-state index contributed by atoms with van der Waals surface area (Å²) in [5.74, 6) is -0.527. The number of carbonyl (C=O) groups excluding carboxylic acids is 1. The van der Waals surface area contributed by atoms with Crippen molar-refractivity contribution in [1.29, 1.82) is 0 Å². The van der Waals surface area contributed by atoms with E-state index in [2.05, 4.69) is 4.98 Å². The van der Waals surface area contributed by atoms with E-state index in [1.807, 2.05) is 5.38 Å². The summed E-state index contributed by atoms with van der Waals surface area (Å²) >= 11 is 1.36. The Morgan fingerprint density at radius 3 is 2.60 bits per heavy atom. The van der Waals surface area contributed by atoms with Crippen LogP contribution in [0.25, 0.3) is 11.3 Å². The molecule has 0 saturated heterocycles. The number of aromatic nitrogens is 1. The van der Waals surface area contributed by atoms with E-state index in [9.17, 15) is 18.0 Å². The van der Waals surface area contributed by atoms with Gasteiger partial charge >= 0.3 is 6.18 Å². The molecule has 3 rings (SSSR count). The molecule has 0 fully saturated rings. The zero-order chi connectivity index (χ0) is 18.0. The molecule has 0 spiro atoms. The maximum absolute atomic E-state index is 12.8. The number of thiazole rings is 1. The van der Waals surface area contributed by atoms with Crippen LogP contribution in [0.5, 0.6) is 0 Å². The Balaban J connectivity index is 1.83. The van der Waals surface area contributed by atoms with Gasteiger partial charge < -0.3 is 5.73 Å². The van der Waals surface area contributed by atoms with Crippen molar-refractivity contribution < 1.29 is 18.0 Å². The standard InChI is InChI=1S/C18H13F3N2OS/c19-18(20,21)14-6-1-3-11(7-14)8-16-23-15(10-25-16)12-4-2-5-13(9-12)17(22)24/h1-7,9-10H,8H2,(H2,22,24). The van der Waals surface area contributed by atoms with Crippen LogP contribution in [-0.2, 0) is 12.6 Å². The second-order valence-corrected chi connectivity index (χ2v) is 6.39. The molecule has 0 radical (unpaired) electrons. The third-order valence-corrected chi connectivity index (χ3v) is 4.45. The first kappa shape index (κ1) is 17.2. The number of halogens is 3. The molecule has 0 aliphatic rings. The van der Waals surface area contributed by atoms with Crippen LogP contribution in [0.3, 0.4) is 0 Å². The van der Waals surface area contributed by atoms with E-state index in [1.165, 1.54) is 17.4 Å². The number of hydrogen-bond acceptors (Lipinski definition) is 3. The van der Waals surface area contributed by atoms with Crippen molar-refractivity contribution in [1.82, 2.24) is 4.98 Å². The minimum atomic E-state index is -4.36. The first-order valence-corrected chi connectivity index (χ1v) is 8.21. The van der Waals surface area contributed by atoms with Crippen LogP contribution in [0, 0.1) is 0 Å². The molecule has 0 aliphatic carbocycles. The number of nitrogens with zero attached hydrogens (tertiary/aromatic N) is 1. The van der Waals surface area contributed by atoms with E-state index >= 15 is 0 Å². The SMILES string of the molecule is NC(=O)c1cccc(-c2csc(Cc3cccc(C(F)(F)F)c3)n2)c1. The summed E-state index contributed by atoms with van der Waals surface area (Å²) in [5.41, 5.74) is 6.92. The van der Waals surface area contributed by atoms with Gasteiger partial charge in [0.2, 0.25) is 5.91 Å². The lowest BCUT2D eigenvalue weighted by molar-refractivity contribution is -0.137. The lowest BCUT2D eigenvalue weighted by Crippen LogP contribution is -2.10. The second kappa shape index (κ2) is 6.68. The highest BCUT2D eigenvalue weighted by Gasteiger charge is 2.30. The Morgan fingerprint density at radius 2 is 1.88 bits per heavy atom. The van der Waals surface area contributed by atoms with Crippen molar-refractivity contribution in [3.8, 4) is 11.3 Å². The number of benzene rings is 2. The minimum absolute atomic E-state index is 0.310. The average Bonchev–Trinajstić information content (AvgIpc) is 3.03. The van der Waals surface area contributed by atoms with Crippen LogP contribution in [0.1, 0.15) is 26.5 Å². The molecule has 1 aromatic heterocycles. The van der Waals surface area contributed by atoms with Crippen LogP contribution in [-0.4, -0.2) is 10.9 Å². The summed E-state index contributed by atoms with van der Waals surface area (Å²) in [6.07, 6.45) is -4.05. The Hall–Kier alpha value is -2.67. The van der Waals surface area contributed by atoms with Gasteiger partial charge in [-0.25, -0.2) is 4.98 Å². The van der Waals surface area contributed by atoms with Gasteiger partial charge in [0.15, 0.2) is 0 Å². The van der Waals surface area contributed by atoms with E-state index in [4.69, 9.17) is 5.73 Å². The van der Waals surface area contributed by atoms with Gasteiger partial charge in [0.1, 0.15) is 0 Å². The van der Waals surface area contributed by atoms with E-state index in [0.29, 0.717) is 28.2 Å². The summed E-state index contributed by atoms with van der Waals surface area (Å²) in [4.78, 5) is 15.7. The Morgan fingerprint density at radius 1 is 1.12 bits per heavy atom. The predicted molar refractivity (Wildman–Crippen MR) is 90.3 cm³/mol. The summed E-state index contributed by atoms with van der Waals surface area (Å²) < 4.78 is 38.4. The van der Waals surface area contributed by atoms with E-state index in [-0.39, 0.29) is 0 Å². The van der Waals surface area contributed by atoms with Gasteiger partial charge in [-0.15, -0.1) is 11.3 Å². The van der Waals surface area contributed by atoms with Gasteiger partial charge in [-0.3, -0.25) is 4.79 Å². The maximum atomic E-state index is 12.8. The number of amides is 1. The maximum Gasteiger partial charge on any atom is 0.416 e. The van der Waals surface area contributed by atoms with Crippen molar-refractivity contribution in [2.24, 2.45) is 5.73 Å². The average molecular weight is 362 g/mol. The summed E-state index contributed by atoms with van der Waals surface area (Å²) in [6.45, 7) is 0. The zero-order valence-electron chi connectivity index (χ0n) is 12.9. The molecule has 128 valence electrons. The van der Waals surface area contributed by atoms with E-state index in [1.54, 1.807) is 30.3 Å². The van der Waals surface area contributed by atoms with Crippen LogP contribution in [0.15, 0.2) is 53.9 Å². The molecule has 0 atom stereocenters. The van der Waals surface area contributed by atoms with Crippen molar-refractivity contribution >= 4 is 17.2 Å². The first-order chi connectivity index (χ1) is 11.8. The topological polar surface area (TPSA) is 56.0 Å². The third-order valence-electron chi connectivity index (χ3n) is 3.60. The number of nitrogens with two attached hydrogens (primary N) is 1. The van der Waals surface area contributed by atoms with Gasteiger partial charge in [-0.05, 0) is 23.8 Å². The molecule has 0 unspecified atom stereocenters. The second-order valence-electron chi connectivity index (χ2n) is 5.45. The molecular formula is C18H13F3N2OS. The molecule has 0 aliphatic heterocycles. The number of alkyl halides is 3. The van der Waals surface area contributed by atoms with Gasteiger partial charge in [0.05, 0.1) is 16.3 Å². The Bertz CT molecular complexity index is 918. The molecule has 25 heavy (non-hydrogen) atoms. The Kier molecular flexibility index (Phi) is 4.59. The lowest BCUT2D eigenvalue weighted by Gasteiger charge is -2.07. The smallest absolute Gasteiger partial charge is 0.366 e. The quantitative estimate of drug-likeness (QED) is 0.742. The molecule has 3 aromatic rings. The zero-order valence-corrected chi connectivity index (χ0v) is 13.7. The molecule has 2 N–H and O–H groups in total. The number of carbonyl (C=O) groups is 1. The first-order valence-electron chi connectivity index (χ1n) is 7.34. The van der Waals surface area contributed by atoms with Gasteiger partial charge in [-0.2, -0.15) is 13.2 Å². The number of hydrogen-bond donors (Lipinski definition) is 1. The molecular weight excluding hydrogens is 349 g/mol. The molecule has 2 aromatic carbocycles. The van der Waals surface area contributed by atoms with Crippen LogP contribution < -0.4 is 5.73 Å². The highest BCUT2D eigenvalue weighted by molar-refractivity contribution is 7.10. The highest BCUT2D eigenvalue weighted by atomic mass is 32.1. The van der Waals surface area contributed by atoms with Crippen molar-refractivity contribution in [2.75, 3.05) is 0 Å². The summed E-state index contributed by atoms with van der Waals surface area (Å²) in [7, 11) is 0. The molecule has 1 heterocycles. The van der Waals surface area contributed by atoms with Crippen LogP contribution >= 0.6 is 11.3 Å². The fourth-order valence-corrected chi connectivity index (χ4v) is 3.23. The normalized spacial score (nSPS) is 11.5. The van der Waals surface area contributed by atoms with E-state index < -0.39 is 17.6 Å². The van der Waals surface area contributed by atoms with Crippen molar-refractivity contribution in [2.45, 2.75) is 12.6 Å². The fraction of sp³-hybridized carbons (Fsp3) is 0.111. The third kappa shape index (κ3) is 4.06. The van der Waals surface area contributed by atoms with Gasteiger partial charge in [-0.1, -0.05) is 30.3 Å².